The van der Waals surface area contributed by atoms with Gasteiger partial charge in [0.15, 0.2) is 0 Å². The smallest absolute Gasteiger partial charge is 0.150 e. The van der Waals surface area contributed by atoms with E-state index in [1.807, 2.05) is 98.9 Å². The summed E-state index contributed by atoms with van der Waals surface area (Å²) in [4.78, 5) is 14.0. The molecule has 0 atom stereocenters. The Morgan fingerprint density at radius 3 is 2.07 bits per heavy atom. The van der Waals surface area contributed by atoms with Crippen molar-refractivity contribution in [2.24, 2.45) is 0 Å². The van der Waals surface area contributed by atoms with Crippen molar-refractivity contribution in [1.82, 2.24) is 19.5 Å². The maximum absolute atomic E-state index is 16.1. The predicted molar refractivity (Wildman–Crippen MR) is 274 cm³/mol. The first-order valence-electron chi connectivity index (χ1n) is 23.8. The average molecular weight is 1150 g/mol. The van der Waals surface area contributed by atoms with E-state index in [0.29, 0.717) is 44.2 Å². The normalized spacial score (nSPS) is 12.5. The van der Waals surface area contributed by atoms with E-state index in [-0.39, 0.29) is 48.3 Å². The molecule has 341 valence electrons. The van der Waals surface area contributed by atoms with Gasteiger partial charge in [-0.2, -0.15) is 0 Å². The van der Waals surface area contributed by atoms with Gasteiger partial charge >= 0.3 is 144 Å². The van der Waals surface area contributed by atoms with Crippen molar-refractivity contribution < 1.29 is 41.8 Å². The minimum atomic E-state index is -2.48. The molecule has 5 heterocycles. The fourth-order valence-corrected chi connectivity index (χ4v) is 11.2. The molecule has 1 radical (unpaired) electrons. The van der Waals surface area contributed by atoms with E-state index in [9.17, 15) is 0 Å². The molecule has 12 aromatic rings. The van der Waals surface area contributed by atoms with Crippen LogP contribution in [0.4, 0.5) is 8.78 Å². The van der Waals surface area contributed by atoms with Gasteiger partial charge in [-0.15, -0.1) is 17.7 Å². The summed E-state index contributed by atoms with van der Waals surface area (Å²) < 4.78 is 72.7. The van der Waals surface area contributed by atoms with Crippen molar-refractivity contribution in [2.45, 2.75) is 38.0 Å². The van der Waals surface area contributed by atoms with E-state index in [1.54, 1.807) is 36.4 Å². The Labute approximate surface area is 418 Å². The number of rotatable bonds is 6. The van der Waals surface area contributed by atoms with Gasteiger partial charge in [0, 0.05) is 29.6 Å². The molecule has 0 aliphatic rings. The number of fused-ring (bicyclic) bond motifs is 7. The van der Waals surface area contributed by atoms with Gasteiger partial charge in [-0.25, -0.2) is 8.78 Å². The third-order valence-electron chi connectivity index (χ3n) is 12.5. The Kier molecular flexibility index (Phi) is 11.1. The molecule has 12 rings (SSSR count). The van der Waals surface area contributed by atoms with Crippen LogP contribution >= 0.6 is 0 Å². The molecule has 0 amide bonds. The molecule has 0 aliphatic heterocycles. The zero-order chi connectivity index (χ0) is 49.3. The Morgan fingerprint density at radius 2 is 1.36 bits per heavy atom. The summed E-state index contributed by atoms with van der Waals surface area (Å²) in [7, 11) is 0. The van der Waals surface area contributed by atoms with Gasteiger partial charge in [-0.3, -0.25) is 4.98 Å². The predicted octanol–water partition coefficient (Wildman–Crippen LogP) is 15.3. The van der Waals surface area contributed by atoms with Crippen LogP contribution in [-0.4, -0.2) is 32.8 Å². The summed E-state index contributed by atoms with van der Waals surface area (Å²) in [6.45, 7) is 1.42. The second-order valence-electron chi connectivity index (χ2n) is 18.0. The molecule has 0 saturated heterocycles. The quantitative estimate of drug-likeness (QED) is 0.123. The van der Waals surface area contributed by atoms with Crippen LogP contribution in [0.2, 0.25) is 17.3 Å². The van der Waals surface area contributed by atoms with Crippen LogP contribution in [0.5, 0.6) is 0 Å². The third-order valence-corrected chi connectivity index (χ3v) is 16.8. The Morgan fingerprint density at radius 1 is 0.652 bits per heavy atom. The number of halogens is 2. The summed E-state index contributed by atoms with van der Waals surface area (Å²) >= 11 is -1.85. The van der Waals surface area contributed by atoms with Gasteiger partial charge in [-0.05, 0) is 59.0 Å². The maximum Gasteiger partial charge on any atom is 0.150 e. The summed E-state index contributed by atoms with van der Waals surface area (Å²) in [5.74, 6) is 5.72. The number of para-hydroxylation sites is 2. The van der Waals surface area contributed by atoms with Crippen LogP contribution in [0.1, 0.15) is 20.9 Å². The zero-order valence-corrected chi connectivity index (χ0v) is 42.7. The van der Waals surface area contributed by atoms with Crippen LogP contribution in [0.25, 0.3) is 106 Å². The van der Waals surface area contributed by atoms with E-state index >= 15 is 8.78 Å². The fourth-order valence-electron chi connectivity index (χ4n) is 9.00. The summed E-state index contributed by atoms with van der Waals surface area (Å²) in [6.07, 6.45) is 2.02. The first-order chi connectivity index (χ1) is 34.1. The Hall–Kier alpha value is -7.04. The molecular weight excluding hydrogens is 1100 g/mol. The maximum atomic E-state index is 16.1. The van der Waals surface area contributed by atoms with Crippen LogP contribution in [-0.2, 0) is 20.1 Å². The molecule has 0 saturated carbocycles. The molecule has 6 nitrogen and oxygen atoms in total. The van der Waals surface area contributed by atoms with E-state index < -0.39 is 31.8 Å². The molecule has 10 heteroatoms. The molecule has 7 aromatic carbocycles. The van der Waals surface area contributed by atoms with Gasteiger partial charge < -0.3 is 8.98 Å². The molecule has 0 N–H and O–H groups in total. The molecule has 69 heavy (non-hydrogen) atoms. The molecular formula is C59H44F2GeIrN4O2-2. The molecule has 0 aliphatic carbocycles. The van der Waals surface area contributed by atoms with E-state index in [2.05, 4.69) is 57.6 Å². The number of pyridine rings is 2. The zero-order valence-electron chi connectivity index (χ0n) is 41.2. The van der Waals surface area contributed by atoms with Crippen LogP contribution in [0, 0.1) is 44.5 Å². The monoisotopic (exact) mass is 1150 g/mol. The largest absolute Gasteiger partial charge is 0.500 e. The van der Waals surface area contributed by atoms with Crippen LogP contribution in [0.3, 0.4) is 0 Å². The van der Waals surface area contributed by atoms with Crippen molar-refractivity contribution in [3.63, 3.8) is 0 Å². The number of furan rings is 2. The first-order valence-corrected chi connectivity index (χ1v) is 29.6. The molecule has 0 fully saturated rings. The van der Waals surface area contributed by atoms with Crippen molar-refractivity contribution in [3.8, 4) is 50.6 Å². The van der Waals surface area contributed by atoms with Gasteiger partial charge in [0.1, 0.15) is 22.9 Å². The van der Waals surface area contributed by atoms with Crippen molar-refractivity contribution in [1.29, 1.82) is 0 Å². The number of nitrogens with zero attached hydrogens (tertiary/aromatic N) is 4. The van der Waals surface area contributed by atoms with E-state index in [1.165, 1.54) is 27.2 Å². The summed E-state index contributed by atoms with van der Waals surface area (Å²) in [5, 5.41) is 3.10. The van der Waals surface area contributed by atoms with Crippen LogP contribution in [0.15, 0.2) is 167 Å². The van der Waals surface area contributed by atoms with Crippen molar-refractivity contribution in [2.75, 3.05) is 0 Å². The minimum Gasteiger partial charge on any atom is -0.500 e. The number of hydrogen-bond donors (Lipinski definition) is 0. The van der Waals surface area contributed by atoms with Crippen molar-refractivity contribution in [3.05, 3.63) is 198 Å². The summed E-state index contributed by atoms with van der Waals surface area (Å²) in [5.41, 5.74) is 9.79. The number of aromatic nitrogens is 4. The first kappa shape index (κ1) is 42.1. The molecule has 0 spiro atoms. The standard InChI is InChI=1S/C39H25F2N2O.C20H19GeN2O.Ir/c1-23-17-18-30(38-35(23)29-20-19-28(24(2)37(29)44-38)26-13-7-4-8-14-26)39-42-33-15-9-10-16-34(33)43(39)36-31(40)21-27(22-32(36)41)25-11-5-3-6-12-25;1-13-8-10-16-15-6-5-7-17(19(15)24-20(16)23-13)18-11-9-14(12-22-18)21(2,3)4;/h3-17,19-22H,1-2H3;5-6,8-12H,1-4H3;/q2*-1;/i1D3;;. The SMILES string of the molecule is Cc1ccc2c(n1)oc1c(-c3cc[c]([Ge]([CH3])([CH3])[CH3])cn3)[c-]ccc12.[2H]C([2H])([2H])c1c[c-]c(-c2nc3ccccc3n2-c2c(F)cc(-c3ccccc3)cc2F)c2oc3c(C)c(-c4ccccc4)ccc3c12.[Ir]. The summed E-state index contributed by atoms with van der Waals surface area (Å²) in [6, 6.07) is 52.5. The second-order valence-corrected chi connectivity index (χ2v) is 28.6. The topological polar surface area (TPSA) is 69.9 Å². The molecule has 0 unspecified atom stereocenters. The molecule has 0 bridgehead atoms. The third kappa shape index (κ3) is 8.18. The average Bonchev–Trinajstić information content (AvgIpc) is 4.06. The number of aryl methyl sites for hydroxylation is 3. The Bertz CT molecular complexity index is 4000. The number of benzene rings is 7. The molecule has 5 aromatic heterocycles. The van der Waals surface area contributed by atoms with Gasteiger partial charge in [-0.1, -0.05) is 103 Å². The fraction of sp³-hybridized carbons (Fsp3) is 0.102. The minimum absolute atomic E-state index is 0. The Balaban J connectivity index is 0.000000200. The van der Waals surface area contributed by atoms with Gasteiger partial charge in [0.25, 0.3) is 0 Å². The van der Waals surface area contributed by atoms with Crippen molar-refractivity contribution >= 4 is 72.7 Å². The second kappa shape index (κ2) is 18.1. The number of hydrogen-bond acceptors (Lipinski definition) is 5. The van der Waals surface area contributed by atoms with Gasteiger partial charge in [0.2, 0.25) is 0 Å². The van der Waals surface area contributed by atoms with Gasteiger partial charge in [0.05, 0.1) is 22.4 Å². The van der Waals surface area contributed by atoms with E-state index in [4.69, 9.17) is 17.9 Å². The van der Waals surface area contributed by atoms with Crippen LogP contribution < -0.4 is 4.40 Å². The van der Waals surface area contributed by atoms with E-state index in [0.717, 1.165) is 50.0 Å². The number of imidazole rings is 1.